The molecule has 0 aliphatic carbocycles. The van der Waals surface area contributed by atoms with Gasteiger partial charge in [0.2, 0.25) is 10.0 Å². The molecule has 34 heavy (non-hydrogen) atoms. The Morgan fingerprint density at radius 1 is 1.15 bits per heavy atom. The van der Waals surface area contributed by atoms with Gasteiger partial charge in [-0.05, 0) is 64.0 Å². The van der Waals surface area contributed by atoms with Crippen molar-refractivity contribution in [3.63, 3.8) is 0 Å². The van der Waals surface area contributed by atoms with E-state index in [1.54, 1.807) is 19.1 Å². The van der Waals surface area contributed by atoms with Crippen molar-refractivity contribution in [1.29, 1.82) is 0 Å². The van der Waals surface area contributed by atoms with Crippen LogP contribution < -0.4 is 10.6 Å². The number of hydrogen-bond donors (Lipinski definition) is 2. The lowest BCUT2D eigenvalue weighted by atomic mass is 10.1. The summed E-state index contributed by atoms with van der Waals surface area (Å²) < 4.78 is 55.5. The van der Waals surface area contributed by atoms with Gasteiger partial charge in [0.1, 0.15) is 11.6 Å². The maximum absolute atomic E-state index is 14.2. The van der Waals surface area contributed by atoms with E-state index in [4.69, 9.17) is 0 Å². The van der Waals surface area contributed by atoms with E-state index in [-0.39, 0.29) is 18.6 Å². The number of aryl methyl sites for hydroxylation is 2. The number of hydrogen-bond acceptors (Lipinski definition) is 5. The number of benzene rings is 1. The number of nitrogens with one attached hydrogen (secondary N) is 2. The highest BCUT2D eigenvalue weighted by atomic mass is 32.2. The summed E-state index contributed by atoms with van der Waals surface area (Å²) in [7, 11) is -4.30. The Balaban J connectivity index is 1.50. The van der Waals surface area contributed by atoms with Crippen molar-refractivity contribution in [3.05, 3.63) is 53.4 Å². The molecule has 0 unspecified atom stereocenters. The van der Waals surface area contributed by atoms with Gasteiger partial charge in [-0.15, -0.1) is 0 Å². The van der Waals surface area contributed by atoms with Gasteiger partial charge in [0, 0.05) is 42.8 Å². The maximum atomic E-state index is 14.2. The standard InChI is InChI=1S/C23H31F2N5O3S/c1-4-30(34(32,33)22-20(24)6-5-7-21(22)25)19-8-11-29(12-9-19)13-10-26-23(31)28-18-14-16(2)27-17(3)15-18/h5-7,14-15,19H,4,8-13H2,1-3H3,(H2,26,27,28,31). The summed E-state index contributed by atoms with van der Waals surface area (Å²) in [5.41, 5.74) is 2.31. The number of urea groups is 1. The number of carbonyl (C=O) groups is 1. The molecule has 0 radical (unpaired) electrons. The number of aromatic nitrogens is 1. The number of pyridine rings is 1. The first kappa shape index (κ1) is 26.0. The topological polar surface area (TPSA) is 94.6 Å². The number of piperidine rings is 1. The Hall–Kier alpha value is -2.63. The van der Waals surface area contributed by atoms with Crippen LogP contribution in [0.5, 0.6) is 0 Å². The van der Waals surface area contributed by atoms with Crippen LogP contribution in [0.4, 0.5) is 19.3 Å². The van der Waals surface area contributed by atoms with E-state index in [0.717, 1.165) is 29.6 Å². The number of nitrogens with zero attached hydrogens (tertiary/aromatic N) is 3. The van der Waals surface area contributed by atoms with E-state index < -0.39 is 26.6 Å². The largest absolute Gasteiger partial charge is 0.337 e. The minimum absolute atomic E-state index is 0.121. The molecule has 3 rings (SSSR count). The first-order valence-electron chi connectivity index (χ1n) is 11.3. The molecule has 2 N–H and O–H groups in total. The summed E-state index contributed by atoms with van der Waals surface area (Å²) in [6, 6.07) is 5.97. The highest BCUT2D eigenvalue weighted by Crippen LogP contribution is 2.27. The van der Waals surface area contributed by atoms with E-state index in [9.17, 15) is 22.0 Å². The quantitative estimate of drug-likeness (QED) is 0.586. The molecule has 1 aromatic carbocycles. The third kappa shape index (κ3) is 6.28. The van der Waals surface area contributed by atoms with E-state index in [0.29, 0.717) is 44.7 Å². The zero-order chi connectivity index (χ0) is 24.9. The van der Waals surface area contributed by atoms with Gasteiger partial charge in [-0.1, -0.05) is 13.0 Å². The molecule has 2 aromatic rings. The van der Waals surface area contributed by atoms with E-state index in [2.05, 4.69) is 20.5 Å². The van der Waals surface area contributed by atoms with Crippen molar-refractivity contribution in [1.82, 2.24) is 19.5 Å². The third-order valence-corrected chi connectivity index (χ3v) is 7.89. The lowest BCUT2D eigenvalue weighted by molar-refractivity contribution is 0.162. The molecule has 1 aliphatic heterocycles. The normalized spacial score (nSPS) is 15.5. The van der Waals surface area contributed by atoms with E-state index in [1.165, 1.54) is 4.31 Å². The van der Waals surface area contributed by atoms with E-state index >= 15 is 0 Å². The molecule has 1 aromatic heterocycles. The zero-order valence-corrected chi connectivity index (χ0v) is 20.5. The molecule has 2 heterocycles. The molecule has 0 atom stereocenters. The summed E-state index contributed by atoms with van der Waals surface area (Å²) in [6.07, 6.45) is 1.07. The first-order chi connectivity index (χ1) is 16.1. The van der Waals surface area contributed by atoms with Crippen molar-refractivity contribution in [2.75, 3.05) is 38.0 Å². The van der Waals surface area contributed by atoms with Crippen molar-refractivity contribution in [2.45, 2.75) is 44.6 Å². The minimum atomic E-state index is -4.30. The van der Waals surface area contributed by atoms with Crippen LogP contribution >= 0.6 is 0 Å². The SMILES string of the molecule is CCN(C1CCN(CCNC(=O)Nc2cc(C)nc(C)c2)CC1)S(=O)(=O)c1c(F)cccc1F. The van der Waals surface area contributed by atoms with Gasteiger partial charge < -0.3 is 15.5 Å². The Labute approximate surface area is 199 Å². The predicted octanol–water partition coefficient (Wildman–Crippen LogP) is 3.27. The third-order valence-electron chi connectivity index (χ3n) is 5.81. The molecule has 8 nitrogen and oxygen atoms in total. The summed E-state index contributed by atoms with van der Waals surface area (Å²) in [4.78, 5) is 17.7. The van der Waals surface area contributed by atoms with Crippen LogP contribution in [0.1, 0.15) is 31.2 Å². The van der Waals surface area contributed by atoms with Crippen LogP contribution in [-0.2, 0) is 10.0 Å². The fraction of sp³-hybridized carbons (Fsp3) is 0.478. The van der Waals surface area contributed by atoms with Gasteiger partial charge in [-0.2, -0.15) is 4.31 Å². The molecule has 0 saturated carbocycles. The predicted molar refractivity (Wildman–Crippen MR) is 126 cm³/mol. The van der Waals surface area contributed by atoms with Crippen molar-refractivity contribution in [3.8, 4) is 0 Å². The Bertz CT molecular complexity index is 1080. The molecular formula is C23H31F2N5O3S. The summed E-state index contributed by atoms with van der Waals surface area (Å²) in [6.45, 7) is 7.76. The number of anilines is 1. The Kier molecular flexibility index (Phi) is 8.56. The second-order valence-corrected chi connectivity index (χ2v) is 10.2. The number of sulfonamides is 1. The number of halogens is 2. The van der Waals surface area contributed by atoms with Crippen LogP contribution in [0.25, 0.3) is 0 Å². The number of rotatable bonds is 8. The molecule has 0 spiro atoms. The number of likely N-dealkylation sites (tertiary alicyclic amines) is 1. The number of amides is 2. The fourth-order valence-corrected chi connectivity index (χ4v) is 6.12. The molecule has 0 bridgehead atoms. The zero-order valence-electron chi connectivity index (χ0n) is 19.6. The first-order valence-corrected chi connectivity index (χ1v) is 12.7. The smallest absolute Gasteiger partial charge is 0.319 e. The van der Waals surface area contributed by atoms with Crippen LogP contribution in [0.2, 0.25) is 0 Å². The van der Waals surface area contributed by atoms with Crippen molar-refractivity contribution < 1.29 is 22.0 Å². The summed E-state index contributed by atoms with van der Waals surface area (Å²) in [5, 5.41) is 5.61. The van der Waals surface area contributed by atoms with Crippen molar-refractivity contribution in [2.24, 2.45) is 0 Å². The van der Waals surface area contributed by atoms with Crippen molar-refractivity contribution >= 4 is 21.7 Å². The average Bonchev–Trinajstić information content (AvgIpc) is 2.74. The van der Waals surface area contributed by atoms with Gasteiger partial charge >= 0.3 is 6.03 Å². The number of carbonyl (C=O) groups excluding carboxylic acids is 1. The van der Waals surface area contributed by atoms with Gasteiger partial charge in [0.25, 0.3) is 0 Å². The van der Waals surface area contributed by atoms with Crippen LogP contribution in [-0.4, -0.2) is 67.4 Å². The molecule has 11 heteroatoms. The van der Waals surface area contributed by atoms with Gasteiger partial charge in [0.15, 0.2) is 4.90 Å². The molecule has 1 saturated heterocycles. The molecular weight excluding hydrogens is 464 g/mol. The van der Waals surface area contributed by atoms with Crippen LogP contribution in [0.15, 0.2) is 35.2 Å². The highest BCUT2D eigenvalue weighted by Gasteiger charge is 2.36. The molecule has 186 valence electrons. The Morgan fingerprint density at radius 2 is 1.74 bits per heavy atom. The average molecular weight is 496 g/mol. The second kappa shape index (κ2) is 11.2. The van der Waals surface area contributed by atoms with E-state index in [1.807, 2.05) is 13.8 Å². The lowest BCUT2D eigenvalue weighted by Gasteiger charge is -2.37. The van der Waals surface area contributed by atoms with Crippen LogP contribution in [0, 0.1) is 25.5 Å². The van der Waals surface area contributed by atoms with Gasteiger partial charge in [-0.3, -0.25) is 4.98 Å². The monoisotopic (exact) mass is 495 g/mol. The minimum Gasteiger partial charge on any atom is -0.337 e. The second-order valence-electron chi connectivity index (χ2n) is 8.35. The van der Waals surface area contributed by atoms with Gasteiger partial charge in [-0.25, -0.2) is 22.0 Å². The molecule has 1 aliphatic rings. The Morgan fingerprint density at radius 3 is 2.29 bits per heavy atom. The maximum Gasteiger partial charge on any atom is 0.319 e. The molecule has 2 amide bonds. The summed E-state index contributed by atoms with van der Waals surface area (Å²) in [5.74, 6) is -2.17. The van der Waals surface area contributed by atoms with Crippen LogP contribution in [0.3, 0.4) is 0 Å². The summed E-state index contributed by atoms with van der Waals surface area (Å²) >= 11 is 0. The van der Waals surface area contributed by atoms with Gasteiger partial charge in [0.05, 0.1) is 0 Å². The highest BCUT2D eigenvalue weighted by molar-refractivity contribution is 7.89. The fourth-order valence-electron chi connectivity index (χ4n) is 4.31. The lowest BCUT2D eigenvalue weighted by Crippen LogP contribution is -2.48. The molecule has 1 fully saturated rings.